The predicted octanol–water partition coefficient (Wildman–Crippen LogP) is 11.3. The number of unbranched alkanes of at least 4 members (excludes halogenated alkanes) is 14. The Morgan fingerprint density at radius 2 is 0.872 bits per heavy atom. The summed E-state index contributed by atoms with van der Waals surface area (Å²) in [5.41, 5.74) is -1.50. The summed E-state index contributed by atoms with van der Waals surface area (Å²) in [6.45, 7) is 14.9. The Labute approximate surface area is 243 Å². The monoisotopic (exact) mass is 553 g/mol. The molecule has 39 heavy (non-hydrogen) atoms. The molecular weight excluding hydrogens is 484 g/mol. The van der Waals surface area contributed by atoms with Crippen molar-refractivity contribution in [1.29, 1.82) is 0 Å². The van der Waals surface area contributed by atoms with Gasteiger partial charge >= 0.3 is 11.9 Å². The molecule has 0 aromatic carbocycles. The third kappa shape index (κ3) is 17.4. The topological polar surface area (TPSA) is 74.6 Å². The lowest BCUT2D eigenvalue weighted by Gasteiger charge is -2.47. The molecule has 0 heterocycles. The van der Waals surface area contributed by atoms with E-state index in [-0.39, 0.29) is 12.3 Å². The van der Waals surface area contributed by atoms with E-state index in [2.05, 4.69) is 34.6 Å². The van der Waals surface area contributed by atoms with Gasteiger partial charge in [0.15, 0.2) is 0 Å². The summed E-state index contributed by atoms with van der Waals surface area (Å²) in [7, 11) is 0. The van der Waals surface area contributed by atoms with Gasteiger partial charge in [-0.05, 0) is 49.9 Å². The molecule has 0 saturated heterocycles. The predicted molar refractivity (Wildman–Crippen MR) is 167 cm³/mol. The molecule has 0 rings (SSSR count). The van der Waals surface area contributed by atoms with Crippen molar-refractivity contribution in [2.24, 2.45) is 28.6 Å². The summed E-state index contributed by atoms with van der Waals surface area (Å²) >= 11 is 0. The average Bonchev–Trinajstić information content (AvgIpc) is 2.84. The third-order valence-corrected chi connectivity index (χ3v) is 9.60. The molecule has 232 valence electrons. The van der Waals surface area contributed by atoms with E-state index < -0.39 is 22.8 Å². The molecular formula is C35H68O4. The zero-order chi connectivity index (χ0) is 29.7. The van der Waals surface area contributed by atoms with E-state index in [1.807, 2.05) is 13.8 Å². The highest BCUT2D eigenvalue weighted by Gasteiger charge is 2.50. The molecule has 4 heteroatoms. The van der Waals surface area contributed by atoms with E-state index in [4.69, 9.17) is 0 Å². The van der Waals surface area contributed by atoms with Gasteiger partial charge in [0.05, 0.1) is 5.41 Å². The van der Waals surface area contributed by atoms with Gasteiger partial charge in [0.2, 0.25) is 0 Å². The highest BCUT2D eigenvalue weighted by Crippen LogP contribution is 2.52. The number of hydrogen-bond donors (Lipinski definition) is 2. The molecule has 4 nitrogen and oxygen atoms in total. The third-order valence-electron chi connectivity index (χ3n) is 9.60. The molecule has 0 aliphatic carbocycles. The average molecular weight is 553 g/mol. The van der Waals surface area contributed by atoms with Crippen molar-refractivity contribution in [1.82, 2.24) is 0 Å². The largest absolute Gasteiger partial charge is 0.481 e. The molecule has 0 aliphatic rings. The van der Waals surface area contributed by atoms with E-state index in [0.717, 1.165) is 50.4 Å². The van der Waals surface area contributed by atoms with Gasteiger partial charge in [0.1, 0.15) is 0 Å². The Morgan fingerprint density at radius 3 is 1.21 bits per heavy atom. The molecule has 0 aromatic rings. The first-order chi connectivity index (χ1) is 18.3. The number of hydrogen-bond acceptors (Lipinski definition) is 2. The Balaban J connectivity index is 4.73. The van der Waals surface area contributed by atoms with Gasteiger partial charge < -0.3 is 10.2 Å². The van der Waals surface area contributed by atoms with Crippen LogP contribution in [0.2, 0.25) is 0 Å². The quantitative estimate of drug-likeness (QED) is 0.0994. The van der Waals surface area contributed by atoms with E-state index in [0.29, 0.717) is 0 Å². The zero-order valence-corrected chi connectivity index (χ0v) is 27.3. The van der Waals surface area contributed by atoms with Crippen LogP contribution in [0.1, 0.15) is 183 Å². The van der Waals surface area contributed by atoms with Gasteiger partial charge in [-0.25, -0.2) is 0 Å². The molecule has 0 fully saturated rings. The normalized spacial score (nSPS) is 14.6. The molecule has 0 radical (unpaired) electrons. The molecule has 0 saturated carbocycles. The first kappa shape index (κ1) is 37.9. The smallest absolute Gasteiger partial charge is 0.309 e. The zero-order valence-electron chi connectivity index (χ0n) is 27.3. The Hall–Kier alpha value is -1.06. The van der Waals surface area contributed by atoms with Crippen LogP contribution in [0.4, 0.5) is 0 Å². The van der Waals surface area contributed by atoms with Crippen LogP contribution in [-0.2, 0) is 9.59 Å². The Bertz CT molecular complexity index is 624. The lowest BCUT2D eigenvalue weighted by molar-refractivity contribution is -0.161. The van der Waals surface area contributed by atoms with Gasteiger partial charge in [0, 0.05) is 6.42 Å². The summed E-state index contributed by atoms with van der Waals surface area (Å²) in [4.78, 5) is 24.2. The Kier molecular flexibility index (Phi) is 21.1. The summed E-state index contributed by atoms with van der Waals surface area (Å²) in [6, 6.07) is 0. The molecule has 0 aromatic heterocycles. The van der Waals surface area contributed by atoms with Gasteiger partial charge in [-0.3, -0.25) is 9.59 Å². The first-order valence-corrected chi connectivity index (χ1v) is 16.8. The lowest BCUT2D eigenvalue weighted by Crippen LogP contribution is -2.47. The van der Waals surface area contributed by atoms with Crippen LogP contribution >= 0.6 is 0 Å². The van der Waals surface area contributed by atoms with Gasteiger partial charge in [0.25, 0.3) is 0 Å². The van der Waals surface area contributed by atoms with Crippen molar-refractivity contribution >= 4 is 11.9 Å². The molecule has 0 amide bonds. The SMILES string of the molecule is CC(C)CCCCCCCCCCC(CC(=O)O)C(C)(CCCCCCCCCCC(C)C)C(C)(C)C(=O)O. The van der Waals surface area contributed by atoms with Crippen molar-refractivity contribution in [3.05, 3.63) is 0 Å². The van der Waals surface area contributed by atoms with E-state index in [1.165, 1.54) is 89.9 Å². The fourth-order valence-corrected chi connectivity index (χ4v) is 6.24. The molecule has 0 spiro atoms. The van der Waals surface area contributed by atoms with Crippen LogP contribution in [0.5, 0.6) is 0 Å². The second kappa shape index (κ2) is 21.7. The second-order valence-electron chi connectivity index (χ2n) is 14.2. The summed E-state index contributed by atoms with van der Waals surface area (Å²) in [5, 5.41) is 19.9. The van der Waals surface area contributed by atoms with Crippen molar-refractivity contribution in [3.8, 4) is 0 Å². The van der Waals surface area contributed by atoms with Crippen LogP contribution in [0.25, 0.3) is 0 Å². The minimum absolute atomic E-state index is 0.0689. The van der Waals surface area contributed by atoms with Crippen molar-refractivity contribution in [2.75, 3.05) is 0 Å². The van der Waals surface area contributed by atoms with E-state index in [9.17, 15) is 19.8 Å². The van der Waals surface area contributed by atoms with Crippen LogP contribution in [0, 0.1) is 28.6 Å². The minimum atomic E-state index is -0.959. The second-order valence-corrected chi connectivity index (χ2v) is 14.2. The van der Waals surface area contributed by atoms with E-state index >= 15 is 0 Å². The highest BCUT2D eigenvalue weighted by molar-refractivity contribution is 5.75. The molecule has 2 N–H and O–H groups in total. The maximum absolute atomic E-state index is 12.4. The lowest BCUT2D eigenvalue weighted by atomic mass is 9.56. The van der Waals surface area contributed by atoms with Crippen LogP contribution < -0.4 is 0 Å². The summed E-state index contributed by atoms with van der Waals surface area (Å²) in [6.07, 6.45) is 23.9. The number of rotatable bonds is 27. The van der Waals surface area contributed by atoms with Gasteiger partial charge in [-0.1, -0.05) is 150 Å². The van der Waals surface area contributed by atoms with Crippen molar-refractivity contribution < 1.29 is 19.8 Å². The Morgan fingerprint density at radius 1 is 0.538 bits per heavy atom. The van der Waals surface area contributed by atoms with Crippen LogP contribution in [0.3, 0.4) is 0 Å². The van der Waals surface area contributed by atoms with Crippen LogP contribution in [-0.4, -0.2) is 22.2 Å². The minimum Gasteiger partial charge on any atom is -0.481 e. The summed E-state index contributed by atoms with van der Waals surface area (Å²) < 4.78 is 0. The highest BCUT2D eigenvalue weighted by atomic mass is 16.4. The van der Waals surface area contributed by atoms with E-state index in [1.54, 1.807) is 0 Å². The maximum Gasteiger partial charge on any atom is 0.309 e. The fraction of sp³-hybridized carbons (Fsp3) is 0.943. The molecule has 0 bridgehead atoms. The number of aliphatic carboxylic acids is 2. The standard InChI is InChI=1S/C35H68O4/c1-29(2)24-20-16-12-8-9-14-18-22-26-31(28-32(36)37)35(7,34(5,6)33(38)39)27-23-19-15-11-10-13-17-21-25-30(3)4/h29-31H,8-28H2,1-7H3,(H,36,37)(H,38,39). The van der Waals surface area contributed by atoms with Gasteiger partial charge in [-0.2, -0.15) is 0 Å². The fourth-order valence-electron chi connectivity index (χ4n) is 6.24. The van der Waals surface area contributed by atoms with Crippen LogP contribution in [0.15, 0.2) is 0 Å². The summed E-state index contributed by atoms with van der Waals surface area (Å²) in [5.74, 6) is -0.119. The van der Waals surface area contributed by atoms with Crippen molar-refractivity contribution in [3.63, 3.8) is 0 Å². The molecule has 2 unspecified atom stereocenters. The number of carbonyl (C=O) groups is 2. The maximum atomic E-state index is 12.4. The first-order valence-electron chi connectivity index (χ1n) is 16.8. The number of carboxylic acid groups (broad SMARTS) is 2. The molecule has 2 atom stereocenters. The van der Waals surface area contributed by atoms with Gasteiger partial charge in [-0.15, -0.1) is 0 Å². The number of carboxylic acids is 2. The molecule has 0 aliphatic heterocycles. The van der Waals surface area contributed by atoms with Crippen molar-refractivity contribution in [2.45, 2.75) is 183 Å².